The molecule has 0 saturated heterocycles. The fraction of sp³-hybridized carbons (Fsp3) is 0.133. The summed E-state index contributed by atoms with van der Waals surface area (Å²) in [7, 11) is 0. The molecule has 19 heavy (non-hydrogen) atoms. The Morgan fingerprint density at radius 3 is 2.63 bits per heavy atom. The summed E-state index contributed by atoms with van der Waals surface area (Å²) in [6.45, 7) is 2.75. The second kappa shape index (κ2) is 5.44. The average Bonchev–Trinajstić information content (AvgIpc) is 2.39. The summed E-state index contributed by atoms with van der Waals surface area (Å²) in [6, 6.07) is 13.3. The third-order valence-electron chi connectivity index (χ3n) is 3.06. The van der Waals surface area contributed by atoms with Gasteiger partial charge in [-0.05, 0) is 36.2 Å². The van der Waals surface area contributed by atoms with Crippen LogP contribution in [0.25, 0.3) is 0 Å². The first-order chi connectivity index (χ1) is 9.08. The van der Waals surface area contributed by atoms with Gasteiger partial charge in [-0.15, -0.1) is 0 Å². The molecule has 4 heteroatoms. The van der Waals surface area contributed by atoms with Gasteiger partial charge in [0, 0.05) is 17.9 Å². The maximum Gasteiger partial charge on any atom is 0.250 e. The smallest absolute Gasteiger partial charge is 0.250 e. The molecule has 0 heterocycles. The monoisotopic (exact) mass is 255 g/mol. The number of carbonyl (C=O) groups is 1. The molecule has 0 bridgehead atoms. The normalized spacial score (nSPS) is 10.2. The molecule has 98 valence electrons. The molecule has 0 atom stereocenters. The van der Waals surface area contributed by atoms with Gasteiger partial charge in [-0.1, -0.05) is 24.3 Å². The van der Waals surface area contributed by atoms with E-state index in [0.717, 1.165) is 5.69 Å². The second-order valence-corrected chi connectivity index (χ2v) is 4.45. The van der Waals surface area contributed by atoms with Gasteiger partial charge in [0.1, 0.15) is 0 Å². The van der Waals surface area contributed by atoms with Crippen molar-refractivity contribution in [3.63, 3.8) is 0 Å². The number of hydrogen-bond acceptors (Lipinski definition) is 3. The van der Waals surface area contributed by atoms with Gasteiger partial charge in [0.25, 0.3) is 5.91 Å². The lowest BCUT2D eigenvalue weighted by Gasteiger charge is -2.10. The summed E-state index contributed by atoms with van der Waals surface area (Å²) in [5, 5.41) is 3.26. The number of anilines is 2. The van der Waals surface area contributed by atoms with Crippen molar-refractivity contribution >= 4 is 17.3 Å². The highest BCUT2D eigenvalue weighted by Crippen LogP contribution is 2.18. The summed E-state index contributed by atoms with van der Waals surface area (Å²) >= 11 is 0. The van der Waals surface area contributed by atoms with Gasteiger partial charge in [0.05, 0.1) is 5.56 Å². The number of amides is 1. The van der Waals surface area contributed by atoms with Gasteiger partial charge < -0.3 is 16.8 Å². The topological polar surface area (TPSA) is 81.1 Å². The molecule has 0 fully saturated rings. The Hall–Kier alpha value is -2.49. The molecule has 0 radical (unpaired) electrons. The average molecular weight is 255 g/mol. The van der Waals surface area contributed by atoms with Crippen molar-refractivity contribution in [1.82, 2.24) is 0 Å². The molecule has 2 aromatic rings. The van der Waals surface area contributed by atoms with Crippen LogP contribution < -0.4 is 16.8 Å². The van der Waals surface area contributed by atoms with Crippen molar-refractivity contribution in [3.8, 4) is 0 Å². The van der Waals surface area contributed by atoms with Crippen LogP contribution in [0.1, 0.15) is 21.5 Å². The minimum Gasteiger partial charge on any atom is -0.398 e. The fourth-order valence-corrected chi connectivity index (χ4v) is 1.89. The number of primary amides is 1. The molecule has 4 nitrogen and oxygen atoms in total. The molecular weight excluding hydrogens is 238 g/mol. The third kappa shape index (κ3) is 3.04. The highest BCUT2D eigenvalue weighted by atomic mass is 16.1. The number of nitrogens with two attached hydrogens (primary N) is 2. The van der Waals surface area contributed by atoms with Crippen molar-refractivity contribution < 1.29 is 4.79 Å². The van der Waals surface area contributed by atoms with E-state index >= 15 is 0 Å². The van der Waals surface area contributed by atoms with E-state index in [0.29, 0.717) is 17.8 Å². The Balaban J connectivity index is 2.14. The van der Waals surface area contributed by atoms with E-state index in [1.807, 2.05) is 18.2 Å². The molecule has 0 aromatic heterocycles. The molecular formula is C15H17N3O. The van der Waals surface area contributed by atoms with Crippen molar-refractivity contribution in [2.75, 3.05) is 11.1 Å². The van der Waals surface area contributed by atoms with Gasteiger partial charge in [0.2, 0.25) is 0 Å². The second-order valence-electron chi connectivity index (χ2n) is 4.45. The quantitative estimate of drug-likeness (QED) is 0.733. The largest absolute Gasteiger partial charge is 0.398 e. The van der Waals surface area contributed by atoms with Gasteiger partial charge in [0.15, 0.2) is 0 Å². The molecule has 2 rings (SSSR count). The molecule has 5 N–H and O–H groups in total. The molecule has 0 spiro atoms. The zero-order valence-electron chi connectivity index (χ0n) is 10.8. The fourth-order valence-electron chi connectivity index (χ4n) is 1.89. The van der Waals surface area contributed by atoms with Crippen LogP contribution in [0.15, 0.2) is 42.5 Å². The number of nitrogen functional groups attached to an aromatic ring is 1. The van der Waals surface area contributed by atoms with Gasteiger partial charge in [-0.3, -0.25) is 4.79 Å². The molecule has 1 amide bonds. The Labute approximate surface area is 112 Å². The summed E-state index contributed by atoms with van der Waals surface area (Å²) in [4.78, 5) is 11.2. The van der Waals surface area contributed by atoms with E-state index in [1.54, 1.807) is 12.1 Å². The lowest BCUT2D eigenvalue weighted by Crippen LogP contribution is -2.14. The van der Waals surface area contributed by atoms with Gasteiger partial charge in [-0.2, -0.15) is 0 Å². The molecule has 2 aromatic carbocycles. The summed E-state index contributed by atoms with van der Waals surface area (Å²) in [6.07, 6.45) is 0. The van der Waals surface area contributed by atoms with Crippen molar-refractivity contribution in [2.24, 2.45) is 5.73 Å². The maximum atomic E-state index is 11.2. The van der Waals surface area contributed by atoms with Crippen molar-refractivity contribution in [3.05, 3.63) is 59.2 Å². The van der Waals surface area contributed by atoms with Crippen LogP contribution >= 0.6 is 0 Å². The standard InChI is InChI=1S/C15H17N3O/c1-10-4-2-3-5-11(10)9-18-12-6-7-14(16)13(8-12)15(17)19/h2-8,18H,9,16H2,1H3,(H2,17,19). The predicted octanol–water partition coefficient (Wildman–Crippen LogP) is 2.29. The van der Waals surface area contributed by atoms with E-state index in [-0.39, 0.29) is 0 Å². The van der Waals surface area contributed by atoms with E-state index in [1.165, 1.54) is 11.1 Å². The van der Waals surface area contributed by atoms with Gasteiger partial charge in [-0.25, -0.2) is 0 Å². The summed E-state index contributed by atoms with van der Waals surface area (Å²) in [5.74, 6) is -0.517. The van der Waals surface area contributed by atoms with Crippen molar-refractivity contribution in [2.45, 2.75) is 13.5 Å². The van der Waals surface area contributed by atoms with Crippen LogP contribution in [0.4, 0.5) is 11.4 Å². The highest BCUT2D eigenvalue weighted by Gasteiger charge is 2.06. The molecule has 0 aliphatic heterocycles. The number of hydrogen-bond donors (Lipinski definition) is 3. The maximum absolute atomic E-state index is 11.2. The number of benzene rings is 2. The van der Waals surface area contributed by atoms with Crippen LogP contribution in [0, 0.1) is 6.92 Å². The zero-order valence-corrected chi connectivity index (χ0v) is 10.8. The van der Waals surface area contributed by atoms with Gasteiger partial charge >= 0.3 is 0 Å². The van der Waals surface area contributed by atoms with Crippen molar-refractivity contribution in [1.29, 1.82) is 0 Å². The zero-order chi connectivity index (χ0) is 13.8. The van der Waals surface area contributed by atoms with Crippen LogP contribution in [0.2, 0.25) is 0 Å². The number of rotatable bonds is 4. The first-order valence-corrected chi connectivity index (χ1v) is 6.05. The SMILES string of the molecule is Cc1ccccc1CNc1ccc(N)c(C(N)=O)c1. The molecule has 0 unspecified atom stereocenters. The van der Waals surface area contributed by atoms with Crippen LogP contribution in [0.5, 0.6) is 0 Å². The number of aryl methyl sites for hydroxylation is 1. The Bertz CT molecular complexity index is 608. The minimum atomic E-state index is -0.517. The summed E-state index contributed by atoms with van der Waals surface area (Å²) in [5.41, 5.74) is 15.0. The lowest BCUT2D eigenvalue weighted by atomic mass is 10.1. The van der Waals surface area contributed by atoms with E-state index in [9.17, 15) is 4.79 Å². The van der Waals surface area contributed by atoms with E-state index < -0.39 is 5.91 Å². The Morgan fingerprint density at radius 2 is 1.95 bits per heavy atom. The van der Waals surface area contributed by atoms with E-state index in [2.05, 4.69) is 24.4 Å². The van der Waals surface area contributed by atoms with Crippen LogP contribution in [0.3, 0.4) is 0 Å². The van der Waals surface area contributed by atoms with E-state index in [4.69, 9.17) is 11.5 Å². The Kier molecular flexibility index (Phi) is 3.71. The lowest BCUT2D eigenvalue weighted by molar-refractivity contribution is 0.100. The van der Waals surface area contributed by atoms with Crippen LogP contribution in [-0.4, -0.2) is 5.91 Å². The summed E-state index contributed by atoms with van der Waals surface area (Å²) < 4.78 is 0. The number of nitrogens with one attached hydrogen (secondary N) is 1. The van der Waals surface area contributed by atoms with Crippen LogP contribution in [-0.2, 0) is 6.54 Å². The predicted molar refractivity (Wildman–Crippen MR) is 77.9 cm³/mol. The highest BCUT2D eigenvalue weighted by molar-refractivity contribution is 5.98. The first kappa shape index (κ1) is 13.0. The molecule has 0 saturated carbocycles. The molecule has 0 aliphatic carbocycles. The number of carbonyl (C=O) groups excluding carboxylic acids is 1. The third-order valence-corrected chi connectivity index (χ3v) is 3.06. The first-order valence-electron chi connectivity index (χ1n) is 6.05. The minimum absolute atomic E-state index is 0.342. The molecule has 0 aliphatic rings. The Morgan fingerprint density at radius 1 is 1.21 bits per heavy atom.